The van der Waals surface area contributed by atoms with E-state index < -0.39 is 26.6 Å². The zero-order chi connectivity index (χ0) is 15.8. The van der Waals surface area contributed by atoms with Gasteiger partial charge < -0.3 is 5.11 Å². The summed E-state index contributed by atoms with van der Waals surface area (Å²) >= 11 is 9.07. The fourth-order valence-electron chi connectivity index (χ4n) is 1.66. The zero-order valence-electron chi connectivity index (χ0n) is 10.5. The van der Waals surface area contributed by atoms with Crippen LogP contribution in [0.4, 0.5) is 5.69 Å². The zero-order valence-corrected chi connectivity index (χ0v) is 13.7. The predicted octanol–water partition coefficient (Wildman–Crippen LogP) is 2.63. The van der Waals surface area contributed by atoms with Gasteiger partial charge in [0.05, 0.1) is 16.4 Å². The van der Waals surface area contributed by atoms with Crippen LogP contribution in [0.5, 0.6) is 0 Å². The minimum atomic E-state index is -4.10. The summed E-state index contributed by atoms with van der Waals surface area (Å²) in [5.74, 6) is -1.44. The molecule has 0 amide bonds. The predicted molar refractivity (Wildman–Crippen MR) is 80.2 cm³/mol. The van der Waals surface area contributed by atoms with Gasteiger partial charge in [0.2, 0.25) is 0 Å². The first-order valence-electron chi connectivity index (χ1n) is 5.48. The summed E-state index contributed by atoms with van der Waals surface area (Å²) in [6, 6.07) is 4.46. The second-order valence-electron chi connectivity index (χ2n) is 4.07. The van der Waals surface area contributed by atoms with Gasteiger partial charge in [0.25, 0.3) is 10.0 Å². The Morgan fingerprint density at radius 2 is 2.14 bits per heavy atom. The molecule has 0 unspecified atom stereocenters. The maximum atomic E-state index is 12.3. The molecule has 10 heteroatoms. The molecule has 21 heavy (non-hydrogen) atoms. The number of hydrogen-bond acceptors (Lipinski definition) is 4. The van der Waals surface area contributed by atoms with Crippen molar-refractivity contribution in [3.05, 3.63) is 39.1 Å². The van der Waals surface area contributed by atoms with Crippen LogP contribution in [0.2, 0.25) is 5.02 Å². The number of aryl methyl sites for hydroxylation is 1. The Balaban J connectivity index is 2.45. The third kappa shape index (κ3) is 3.20. The molecule has 0 aliphatic carbocycles. The molecule has 0 radical (unpaired) electrons. The van der Waals surface area contributed by atoms with Gasteiger partial charge in [0, 0.05) is 4.47 Å². The molecule has 2 aromatic rings. The molecule has 0 fully saturated rings. The lowest BCUT2D eigenvalue weighted by Crippen LogP contribution is -2.17. The topological polar surface area (TPSA) is 112 Å². The quantitative estimate of drug-likeness (QED) is 0.738. The number of anilines is 1. The van der Waals surface area contributed by atoms with E-state index in [1.165, 1.54) is 19.1 Å². The van der Waals surface area contributed by atoms with E-state index in [4.69, 9.17) is 16.7 Å². The average Bonchev–Trinajstić information content (AvgIpc) is 2.76. The highest BCUT2D eigenvalue weighted by molar-refractivity contribution is 9.10. The van der Waals surface area contributed by atoms with E-state index in [0.29, 0.717) is 9.50 Å². The van der Waals surface area contributed by atoms with Gasteiger partial charge in [-0.3, -0.25) is 9.82 Å². The van der Waals surface area contributed by atoms with Gasteiger partial charge in [0.1, 0.15) is 4.90 Å². The number of aromatic nitrogens is 2. The number of nitrogens with zero attached hydrogens (tertiary/aromatic N) is 1. The number of H-pyrrole nitrogens is 1. The summed E-state index contributed by atoms with van der Waals surface area (Å²) < 4.78 is 27.5. The summed E-state index contributed by atoms with van der Waals surface area (Å²) in [5, 5.41) is 15.1. The van der Waals surface area contributed by atoms with Crippen LogP contribution in [0.15, 0.2) is 27.6 Å². The van der Waals surface area contributed by atoms with Gasteiger partial charge in [-0.1, -0.05) is 11.6 Å². The SMILES string of the molecule is Cc1[nH]nc(C(=O)O)c1S(=O)(=O)Nc1ccc(Br)c(Cl)c1. The summed E-state index contributed by atoms with van der Waals surface area (Å²) in [7, 11) is -4.10. The fraction of sp³-hybridized carbons (Fsp3) is 0.0909. The molecule has 0 aliphatic heterocycles. The van der Waals surface area contributed by atoms with Gasteiger partial charge in [-0.25, -0.2) is 13.2 Å². The van der Waals surface area contributed by atoms with Crippen molar-refractivity contribution in [3.63, 3.8) is 0 Å². The summed E-state index contributed by atoms with van der Waals surface area (Å²) in [5.41, 5.74) is -0.230. The van der Waals surface area contributed by atoms with Crippen LogP contribution < -0.4 is 4.72 Å². The van der Waals surface area contributed by atoms with Crippen molar-refractivity contribution < 1.29 is 18.3 Å². The molecule has 112 valence electrons. The Hall–Kier alpha value is -1.58. The highest BCUT2D eigenvalue weighted by Crippen LogP contribution is 2.27. The van der Waals surface area contributed by atoms with Gasteiger partial charge in [-0.15, -0.1) is 0 Å². The summed E-state index contributed by atoms with van der Waals surface area (Å²) in [6.45, 7) is 1.42. The number of rotatable bonds is 4. The van der Waals surface area contributed by atoms with Gasteiger partial charge in [-0.2, -0.15) is 5.10 Å². The van der Waals surface area contributed by atoms with Crippen molar-refractivity contribution >= 4 is 49.2 Å². The summed E-state index contributed by atoms with van der Waals surface area (Å²) in [4.78, 5) is 10.6. The number of aromatic amines is 1. The second kappa shape index (κ2) is 5.66. The molecule has 1 aromatic heterocycles. The smallest absolute Gasteiger partial charge is 0.357 e. The molecule has 0 atom stereocenters. The Morgan fingerprint density at radius 3 is 2.71 bits per heavy atom. The molecule has 7 nitrogen and oxygen atoms in total. The molecule has 1 aromatic carbocycles. The van der Waals surface area contributed by atoms with E-state index in [1.807, 2.05) is 0 Å². The minimum absolute atomic E-state index is 0.128. The molecule has 0 bridgehead atoms. The van der Waals surface area contributed by atoms with Crippen molar-refractivity contribution in [1.82, 2.24) is 10.2 Å². The molecular weight excluding hydrogens is 386 g/mol. The van der Waals surface area contributed by atoms with E-state index in [2.05, 4.69) is 30.8 Å². The molecule has 0 spiro atoms. The Kier molecular flexibility index (Phi) is 4.26. The van der Waals surface area contributed by atoms with Crippen LogP contribution in [0, 0.1) is 6.92 Å². The maximum Gasteiger partial charge on any atom is 0.357 e. The van der Waals surface area contributed by atoms with E-state index in [0.717, 1.165) is 0 Å². The normalized spacial score (nSPS) is 11.4. The van der Waals surface area contributed by atoms with Gasteiger partial charge in [0.15, 0.2) is 5.69 Å². The lowest BCUT2D eigenvalue weighted by atomic mass is 10.3. The van der Waals surface area contributed by atoms with Crippen LogP contribution in [0.1, 0.15) is 16.2 Å². The molecule has 0 aliphatic rings. The van der Waals surface area contributed by atoms with E-state index in [-0.39, 0.29) is 11.4 Å². The lowest BCUT2D eigenvalue weighted by Gasteiger charge is -2.09. The monoisotopic (exact) mass is 393 g/mol. The van der Waals surface area contributed by atoms with Crippen molar-refractivity contribution in [2.45, 2.75) is 11.8 Å². The second-order valence-corrected chi connectivity index (χ2v) is 6.95. The first-order valence-corrected chi connectivity index (χ1v) is 8.14. The fourth-order valence-corrected chi connectivity index (χ4v) is 3.46. The Morgan fingerprint density at radius 1 is 1.48 bits per heavy atom. The Bertz CT molecular complexity index is 819. The molecule has 1 heterocycles. The molecule has 0 saturated heterocycles. The van der Waals surface area contributed by atoms with Gasteiger partial charge >= 0.3 is 5.97 Å². The van der Waals surface area contributed by atoms with Gasteiger partial charge in [-0.05, 0) is 41.1 Å². The highest BCUT2D eigenvalue weighted by Gasteiger charge is 2.28. The highest BCUT2D eigenvalue weighted by atomic mass is 79.9. The molecule has 3 N–H and O–H groups in total. The number of benzene rings is 1. The third-order valence-electron chi connectivity index (χ3n) is 2.53. The van der Waals surface area contributed by atoms with E-state index in [1.54, 1.807) is 6.07 Å². The molecule has 0 saturated carbocycles. The van der Waals surface area contributed by atoms with Crippen LogP contribution in [-0.2, 0) is 10.0 Å². The van der Waals surface area contributed by atoms with E-state index >= 15 is 0 Å². The van der Waals surface area contributed by atoms with Crippen molar-refractivity contribution in [1.29, 1.82) is 0 Å². The van der Waals surface area contributed by atoms with Crippen molar-refractivity contribution in [2.75, 3.05) is 4.72 Å². The minimum Gasteiger partial charge on any atom is -0.476 e. The molecule has 2 rings (SSSR count). The van der Waals surface area contributed by atoms with Crippen molar-refractivity contribution in [3.8, 4) is 0 Å². The number of carboxylic acids is 1. The number of aromatic carboxylic acids is 1. The lowest BCUT2D eigenvalue weighted by molar-refractivity contribution is 0.0686. The first-order chi connectivity index (χ1) is 9.72. The first kappa shape index (κ1) is 15.8. The van der Waals surface area contributed by atoms with Crippen LogP contribution in [-0.4, -0.2) is 29.7 Å². The third-order valence-corrected chi connectivity index (χ3v) is 5.31. The maximum absolute atomic E-state index is 12.3. The van der Waals surface area contributed by atoms with Crippen LogP contribution in [0.3, 0.4) is 0 Å². The largest absolute Gasteiger partial charge is 0.476 e. The van der Waals surface area contributed by atoms with E-state index in [9.17, 15) is 13.2 Å². The summed E-state index contributed by atoms with van der Waals surface area (Å²) in [6.07, 6.45) is 0. The number of halogens is 2. The number of nitrogens with one attached hydrogen (secondary N) is 2. The number of sulfonamides is 1. The van der Waals surface area contributed by atoms with Crippen molar-refractivity contribution in [2.24, 2.45) is 0 Å². The van der Waals surface area contributed by atoms with Crippen LogP contribution in [0.25, 0.3) is 0 Å². The molecular formula is C11H9BrClN3O4S. The number of carboxylic acid groups (broad SMARTS) is 1. The number of hydrogen-bond donors (Lipinski definition) is 3. The standard InChI is InChI=1S/C11H9BrClN3O4S/c1-5-10(9(11(17)18)15-14-5)21(19,20)16-6-2-3-7(12)8(13)4-6/h2-4,16H,1H3,(H,14,15)(H,17,18). The Labute approximate surface area is 133 Å². The van der Waals surface area contributed by atoms with Crippen LogP contribution >= 0.6 is 27.5 Å². The average molecular weight is 395 g/mol. The number of carbonyl (C=O) groups is 1.